The highest BCUT2D eigenvalue weighted by Crippen LogP contribution is 2.15. The molecule has 0 bridgehead atoms. The molecule has 1 rings (SSSR count). The Morgan fingerprint density at radius 2 is 2.05 bits per heavy atom. The van der Waals surface area contributed by atoms with Crippen molar-refractivity contribution in [2.45, 2.75) is 33.7 Å². The molecule has 108 valence electrons. The number of rotatable bonds is 6. The molecule has 6 nitrogen and oxygen atoms in total. The molecule has 0 spiro atoms. The molecule has 19 heavy (non-hydrogen) atoms. The first-order valence-corrected chi connectivity index (χ1v) is 6.72. The number of hydrogen-bond acceptors (Lipinski definition) is 4. The van der Waals surface area contributed by atoms with Gasteiger partial charge in [0.2, 0.25) is 0 Å². The van der Waals surface area contributed by atoms with Crippen molar-refractivity contribution >= 4 is 11.6 Å². The van der Waals surface area contributed by atoms with Crippen molar-refractivity contribution in [1.82, 2.24) is 20.0 Å². The third kappa shape index (κ3) is 3.70. The van der Waals surface area contributed by atoms with Crippen LogP contribution in [-0.2, 0) is 7.05 Å². The minimum Gasteiger partial charge on any atom is -0.395 e. The molecule has 0 aliphatic heterocycles. The third-order valence-electron chi connectivity index (χ3n) is 3.29. The minimum absolute atomic E-state index is 0.0713. The lowest BCUT2D eigenvalue weighted by molar-refractivity contribution is 0.0921. The normalized spacial score (nSPS) is 12.7. The third-order valence-corrected chi connectivity index (χ3v) is 3.29. The summed E-state index contributed by atoms with van der Waals surface area (Å²) in [6.45, 7) is 10.8. The molecular weight excluding hydrogens is 242 g/mol. The van der Waals surface area contributed by atoms with Gasteiger partial charge in [-0.25, -0.2) is 0 Å². The van der Waals surface area contributed by atoms with E-state index in [1.165, 1.54) is 4.68 Å². The smallest absolute Gasteiger partial charge is 0.271 e. The van der Waals surface area contributed by atoms with Crippen LogP contribution in [0.15, 0.2) is 0 Å². The molecule has 1 aromatic rings. The van der Waals surface area contributed by atoms with E-state index >= 15 is 0 Å². The number of carbonyl (C=O) groups is 1. The average Bonchev–Trinajstić information content (AvgIpc) is 2.60. The van der Waals surface area contributed by atoms with Crippen LogP contribution >= 0.6 is 0 Å². The zero-order chi connectivity index (χ0) is 14.6. The van der Waals surface area contributed by atoms with Crippen LogP contribution in [0.25, 0.3) is 0 Å². The molecule has 0 aliphatic carbocycles. The number of nitrogen functional groups attached to an aromatic ring is 1. The molecule has 1 atom stereocenters. The summed E-state index contributed by atoms with van der Waals surface area (Å²) < 4.78 is 1.53. The number of aromatic nitrogens is 2. The molecule has 0 aromatic carbocycles. The van der Waals surface area contributed by atoms with Crippen LogP contribution < -0.4 is 11.1 Å². The van der Waals surface area contributed by atoms with E-state index in [0.717, 1.165) is 19.6 Å². The fourth-order valence-electron chi connectivity index (χ4n) is 2.15. The molecule has 0 saturated carbocycles. The lowest BCUT2D eigenvalue weighted by Crippen LogP contribution is -2.42. The highest BCUT2D eigenvalue weighted by molar-refractivity contribution is 5.98. The topological polar surface area (TPSA) is 76.2 Å². The molecule has 6 heteroatoms. The second kappa shape index (κ2) is 6.56. The van der Waals surface area contributed by atoms with E-state index in [0.29, 0.717) is 17.1 Å². The van der Waals surface area contributed by atoms with Gasteiger partial charge < -0.3 is 16.0 Å². The number of nitrogens with zero attached hydrogens (tertiary/aromatic N) is 3. The number of amides is 1. The van der Waals surface area contributed by atoms with Crippen LogP contribution in [0.1, 0.15) is 37.0 Å². The summed E-state index contributed by atoms with van der Waals surface area (Å²) in [5, 5.41) is 7.12. The molecule has 0 saturated heterocycles. The van der Waals surface area contributed by atoms with E-state index in [-0.39, 0.29) is 11.9 Å². The molecule has 3 N–H and O–H groups in total. The summed E-state index contributed by atoms with van der Waals surface area (Å²) in [5.41, 5.74) is 7.45. The minimum atomic E-state index is -0.166. The number of nitrogens with one attached hydrogen (secondary N) is 1. The monoisotopic (exact) mass is 267 g/mol. The summed E-state index contributed by atoms with van der Waals surface area (Å²) in [5.74, 6) is -0.166. The van der Waals surface area contributed by atoms with Gasteiger partial charge in [-0.15, -0.1) is 0 Å². The van der Waals surface area contributed by atoms with Gasteiger partial charge in [-0.2, -0.15) is 5.10 Å². The predicted octanol–water partition coefficient (Wildman–Crippen LogP) is 0.771. The average molecular weight is 267 g/mol. The Morgan fingerprint density at radius 3 is 2.47 bits per heavy atom. The number of nitrogens with two attached hydrogens (primary N) is 1. The van der Waals surface area contributed by atoms with Crippen molar-refractivity contribution in [3.63, 3.8) is 0 Å². The zero-order valence-electron chi connectivity index (χ0n) is 12.5. The van der Waals surface area contributed by atoms with Gasteiger partial charge in [0.05, 0.1) is 11.4 Å². The first-order chi connectivity index (χ1) is 8.90. The molecule has 1 aromatic heterocycles. The molecular formula is C13H25N5O. The predicted molar refractivity (Wildman–Crippen MR) is 77.1 cm³/mol. The maximum Gasteiger partial charge on any atom is 0.271 e. The standard InChI is InChI=1S/C13H25N5O/c1-6-18(7-2)8-9(3)15-13(19)12-11(14)10(4)16-17(12)5/h9H,6-8,14H2,1-5H3,(H,15,19). The van der Waals surface area contributed by atoms with Crippen LogP contribution in [0.4, 0.5) is 5.69 Å². The summed E-state index contributed by atoms with van der Waals surface area (Å²) >= 11 is 0. The second-order valence-corrected chi connectivity index (χ2v) is 4.83. The maximum absolute atomic E-state index is 12.2. The summed E-state index contributed by atoms with van der Waals surface area (Å²) in [4.78, 5) is 14.5. The van der Waals surface area contributed by atoms with Crippen molar-refractivity contribution in [2.24, 2.45) is 7.05 Å². The van der Waals surface area contributed by atoms with Crippen molar-refractivity contribution in [3.8, 4) is 0 Å². The Kier molecular flexibility index (Phi) is 5.35. The number of likely N-dealkylation sites (N-methyl/N-ethyl adjacent to an activating group) is 1. The number of aryl methyl sites for hydroxylation is 2. The molecule has 0 aliphatic rings. The van der Waals surface area contributed by atoms with Gasteiger partial charge in [0, 0.05) is 19.6 Å². The lowest BCUT2D eigenvalue weighted by Gasteiger charge is -2.23. The van der Waals surface area contributed by atoms with Crippen LogP contribution in [0.2, 0.25) is 0 Å². The molecule has 0 fully saturated rings. The van der Waals surface area contributed by atoms with Gasteiger partial charge in [0.25, 0.3) is 5.91 Å². The zero-order valence-corrected chi connectivity index (χ0v) is 12.5. The van der Waals surface area contributed by atoms with E-state index in [1.807, 2.05) is 6.92 Å². The SMILES string of the molecule is CCN(CC)CC(C)NC(=O)c1c(N)c(C)nn1C. The van der Waals surface area contributed by atoms with Gasteiger partial charge in [0.1, 0.15) is 5.69 Å². The van der Waals surface area contributed by atoms with Crippen molar-refractivity contribution in [2.75, 3.05) is 25.4 Å². The van der Waals surface area contributed by atoms with E-state index < -0.39 is 0 Å². The van der Waals surface area contributed by atoms with E-state index in [9.17, 15) is 4.79 Å². The first kappa shape index (κ1) is 15.5. The van der Waals surface area contributed by atoms with Crippen molar-refractivity contribution in [1.29, 1.82) is 0 Å². The maximum atomic E-state index is 12.2. The van der Waals surface area contributed by atoms with Crippen LogP contribution in [0.5, 0.6) is 0 Å². The molecule has 1 unspecified atom stereocenters. The fourth-order valence-corrected chi connectivity index (χ4v) is 2.15. The summed E-state index contributed by atoms with van der Waals surface area (Å²) in [6, 6.07) is 0.0713. The molecule has 0 radical (unpaired) electrons. The number of carbonyl (C=O) groups excluding carboxylic acids is 1. The van der Waals surface area contributed by atoms with Gasteiger partial charge in [0.15, 0.2) is 0 Å². The van der Waals surface area contributed by atoms with Gasteiger partial charge in [-0.05, 0) is 26.9 Å². The summed E-state index contributed by atoms with van der Waals surface area (Å²) in [6.07, 6.45) is 0. The highest BCUT2D eigenvalue weighted by Gasteiger charge is 2.19. The highest BCUT2D eigenvalue weighted by atomic mass is 16.2. The van der Waals surface area contributed by atoms with E-state index in [4.69, 9.17) is 5.73 Å². The first-order valence-electron chi connectivity index (χ1n) is 6.72. The van der Waals surface area contributed by atoms with E-state index in [2.05, 4.69) is 29.2 Å². The van der Waals surface area contributed by atoms with Crippen LogP contribution in [-0.4, -0.2) is 46.3 Å². The van der Waals surface area contributed by atoms with E-state index in [1.54, 1.807) is 14.0 Å². The van der Waals surface area contributed by atoms with Crippen LogP contribution in [0.3, 0.4) is 0 Å². The van der Waals surface area contributed by atoms with Gasteiger partial charge in [-0.1, -0.05) is 13.8 Å². The Labute approximate surface area is 114 Å². The Morgan fingerprint density at radius 1 is 1.47 bits per heavy atom. The lowest BCUT2D eigenvalue weighted by atomic mass is 10.2. The van der Waals surface area contributed by atoms with Gasteiger partial charge >= 0.3 is 0 Å². The van der Waals surface area contributed by atoms with Crippen molar-refractivity contribution in [3.05, 3.63) is 11.4 Å². The van der Waals surface area contributed by atoms with Crippen molar-refractivity contribution < 1.29 is 4.79 Å². The Balaban J connectivity index is 2.69. The van der Waals surface area contributed by atoms with Gasteiger partial charge in [-0.3, -0.25) is 9.48 Å². The number of anilines is 1. The quantitative estimate of drug-likeness (QED) is 0.798. The largest absolute Gasteiger partial charge is 0.395 e. The molecule has 1 amide bonds. The fraction of sp³-hybridized carbons (Fsp3) is 0.692. The summed E-state index contributed by atoms with van der Waals surface area (Å²) in [7, 11) is 1.73. The van der Waals surface area contributed by atoms with Crippen LogP contribution in [0, 0.1) is 6.92 Å². The molecule has 1 heterocycles. The Bertz CT molecular complexity index is 436. The Hall–Kier alpha value is -1.56. The number of hydrogen-bond donors (Lipinski definition) is 2. The second-order valence-electron chi connectivity index (χ2n) is 4.83.